The van der Waals surface area contributed by atoms with E-state index in [1.807, 2.05) is 12.1 Å². The van der Waals surface area contributed by atoms with Gasteiger partial charge in [0, 0.05) is 57.7 Å². The molecule has 0 radical (unpaired) electrons. The van der Waals surface area contributed by atoms with Gasteiger partial charge in [0.25, 0.3) is 0 Å². The number of benzene rings is 1. The molecule has 3 amide bonds. The van der Waals surface area contributed by atoms with Crippen molar-refractivity contribution in [2.24, 2.45) is 11.7 Å². The molecule has 0 bridgehead atoms. The number of hydrogen-bond acceptors (Lipinski definition) is 7. The van der Waals surface area contributed by atoms with Crippen molar-refractivity contribution in [1.29, 1.82) is 0 Å². The predicted molar refractivity (Wildman–Crippen MR) is 164 cm³/mol. The van der Waals surface area contributed by atoms with E-state index < -0.39 is 53.7 Å². The van der Waals surface area contributed by atoms with Crippen LogP contribution in [0.4, 0.5) is 0 Å². The largest absolute Gasteiger partial charge is 0.618 e. The molecule has 4 N–H and O–H groups in total. The van der Waals surface area contributed by atoms with E-state index in [-0.39, 0.29) is 19.6 Å². The highest BCUT2D eigenvalue weighted by Gasteiger charge is 2.45. The highest BCUT2D eigenvalue weighted by molar-refractivity contribution is 6.30. The lowest BCUT2D eigenvalue weighted by Gasteiger charge is -2.49. The molecule has 44 heavy (non-hydrogen) atoms. The molecule has 1 aliphatic rings. The number of halogens is 1. The summed E-state index contributed by atoms with van der Waals surface area (Å²) in [7, 11) is 3.06. The van der Waals surface area contributed by atoms with Crippen LogP contribution < -0.4 is 15.8 Å². The Balaban J connectivity index is 1.98. The van der Waals surface area contributed by atoms with Crippen LogP contribution in [0.1, 0.15) is 43.1 Å². The first-order valence-electron chi connectivity index (χ1n) is 14.5. The first-order valence-corrected chi connectivity index (χ1v) is 14.9. The highest BCUT2D eigenvalue weighted by Crippen LogP contribution is 2.33. The minimum atomic E-state index is -1.16. The van der Waals surface area contributed by atoms with Crippen molar-refractivity contribution in [1.82, 2.24) is 15.1 Å². The van der Waals surface area contributed by atoms with Gasteiger partial charge in [0.2, 0.25) is 17.7 Å². The van der Waals surface area contributed by atoms with Crippen LogP contribution in [-0.4, -0.2) is 90.1 Å². The predicted octanol–water partition coefficient (Wildman–Crippen LogP) is 1.46. The molecule has 240 valence electrons. The van der Waals surface area contributed by atoms with Gasteiger partial charge in [-0.3, -0.25) is 19.2 Å². The van der Waals surface area contributed by atoms with Crippen molar-refractivity contribution in [3.63, 3.8) is 0 Å². The summed E-state index contributed by atoms with van der Waals surface area (Å²) in [6.45, 7) is 3.53. The lowest BCUT2D eigenvalue weighted by Crippen LogP contribution is -2.65. The number of carboxylic acid groups (broad SMARTS) is 1. The van der Waals surface area contributed by atoms with E-state index in [1.165, 1.54) is 14.0 Å². The number of nitrogens with one attached hydrogen (secondary N) is 1. The zero-order valence-electron chi connectivity index (χ0n) is 25.6. The van der Waals surface area contributed by atoms with Crippen LogP contribution >= 0.6 is 11.6 Å². The number of carbonyl (C=O) groups is 4. The number of methoxy groups -OCH3 is 1. The summed E-state index contributed by atoms with van der Waals surface area (Å²) >= 11 is 6.13. The van der Waals surface area contributed by atoms with E-state index in [9.17, 15) is 29.5 Å². The van der Waals surface area contributed by atoms with Crippen molar-refractivity contribution in [2.45, 2.75) is 63.6 Å². The fourth-order valence-electron chi connectivity index (χ4n) is 5.71. The number of hydrogen-bond donors (Lipinski definition) is 3. The molecular formula is C31H42ClN5O7. The Kier molecular flexibility index (Phi) is 12.1. The Labute approximate surface area is 262 Å². The van der Waals surface area contributed by atoms with E-state index in [1.54, 1.807) is 54.1 Å². The fourth-order valence-corrected chi connectivity index (χ4v) is 5.84. The minimum absolute atomic E-state index is 0.0506. The van der Waals surface area contributed by atoms with Gasteiger partial charge >= 0.3 is 5.97 Å². The molecule has 1 aliphatic heterocycles. The maximum absolute atomic E-state index is 14.0. The number of likely N-dealkylation sites (N-methyl/N-ethyl adjacent to an activating group) is 1. The summed E-state index contributed by atoms with van der Waals surface area (Å²) in [6, 6.07) is 10.3. The molecule has 12 nitrogen and oxygen atoms in total. The smallest absolute Gasteiger partial charge is 0.304 e. The maximum Gasteiger partial charge on any atom is 0.304 e. The van der Waals surface area contributed by atoms with Gasteiger partial charge in [-0.25, -0.2) is 0 Å². The van der Waals surface area contributed by atoms with E-state index in [4.69, 9.17) is 22.1 Å². The average molecular weight is 632 g/mol. The maximum atomic E-state index is 14.0. The van der Waals surface area contributed by atoms with Crippen LogP contribution in [0.15, 0.2) is 42.5 Å². The summed E-state index contributed by atoms with van der Waals surface area (Å²) < 4.78 is 5.96. The Hall–Kier alpha value is -3.74. The van der Waals surface area contributed by atoms with E-state index in [2.05, 4.69) is 5.32 Å². The molecule has 2 heterocycles. The molecule has 0 spiro atoms. The van der Waals surface area contributed by atoms with Crippen LogP contribution in [0.3, 0.4) is 0 Å². The molecule has 1 aromatic carbocycles. The molecule has 0 aliphatic carbocycles. The molecule has 2 aromatic rings. The highest BCUT2D eigenvalue weighted by atomic mass is 35.5. The average Bonchev–Trinajstić information content (AvgIpc) is 2.98. The standard InChI is InChI=1S/C31H42ClN5O7/c1-20-7-5-8-25(37(20)43)15-23(16-27(38)39)29(41)36-14-6-13-31(19-36,17-22-9-11-24(32)12-10-22)35(3)30(42)26(18-44-4)34-28(40)21(2)33/h5,7-12,21,23,26H,6,13-19,33H2,1-4H3,(H,34,40)(H,38,39)/t21-,23+,26-,31+/m0/s1. The summed E-state index contributed by atoms with van der Waals surface area (Å²) in [5, 5.41) is 25.5. The number of aromatic nitrogens is 1. The Morgan fingerprint density at radius 1 is 1.23 bits per heavy atom. The molecule has 1 fully saturated rings. The molecular weight excluding hydrogens is 590 g/mol. The molecule has 0 unspecified atom stereocenters. The first kappa shape index (κ1) is 34.7. The summed E-state index contributed by atoms with van der Waals surface area (Å²) in [4.78, 5) is 55.4. The van der Waals surface area contributed by atoms with Crippen molar-refractivity contribution in [3.05, 3.63) is 69.6 Å². The van der Waals surface area contributed by atoms with E-state index >= 15 is 0 Å². The molecule has 13 heteroatoms. The second kappa shape index (κ2) is 15.3. The third-order valence-electron chi connectivity index (χ3n) is 8.15. The van der Waals surface area contributed by atoms with Crippen LogP contribution in [0.25, 0.3) is 0 Å². The number of nitrogens with two attached hydrogens (primary N) is 1. The van der Waals surface area contributed by atoms with Gasteiger partial charge in [-0.05, 0) is 49.9 Å². The number of likely N-dealkylation sites (tertiary alicyclic amines) is 1. The van der Waals surface area contributed by atoms with Gasteiger partial charge in [-0.1, -0.05) is 23.7 Å². The number of aryl methyl sites for hydroxylation is 1. The molecule has 4 atom stereocenters. The number of rotatable bonds is 13. The Morgan fingerprint density at radius 2 is 1.91 bits per heavy atom. The lowest BCUT2D eigenvalue weighted by molar-refractivity contribution is -0.621. The zero-order chi connectivity index (χ0) is 32.6. The van der Waals surface area contributed by atoms with Crippen molar-refractivity contribution >= 4 is 35.3 Å². The third-order valence-corrected chi connectivity index (χ3v) is 8.40. The Bertz CT molecular complexity index is 1340. The van der Waals surface area contributed by atoms with Gasteiger partial charge in [-0.15, -0.1) is 0 Å². The van der Waals surface area contributed by atoms with Crippen LogP contribution in [0.2, 0.25) is 5.02 Å². The Morgan fingerprint density at radius 3 is 2.52 bits per heavy atom. The van der Waals surface area contributed by atoms with Crippen LogP contribution in [0.5, 0.6) is 0 Å². The van der Waals surface area contributed by atoms with Gasteiger partial charge in [-0.2, -0.15) is 4.73 Å². The zero-order valence-corrected chi connectivity index (χ0v) is 26.4. The number of ether oxygens (including phenoxy) is 1. The number of carbonyl (C=O) groups excluding carboxylic acids is 3. The van der Waals surface area contributed by atoms with Crippen molar-refractivity contribution in [3.8, 4) is 0 Å². The van der Waals surface area contributed by atoms with Gasteiger partial charge in [0.05, 0.1) is 30.5 Å². The summed E-state index contributed by atoms with van der Waals surface area (Å²) in [5.41, 5.74) is 6.43. The SMILES string of the molecule is COC[C@H](NC(=O)[C@H](C)N)C(=O)N(C)[C@@]1(Cc2ccc(Cl)cc2)CCCN(C(=O)[C@@H](CC(=O)O)Cc2cccc(C)[n+]2[O-])C1. The van der Waals surface area contributed by atoms with Crippen molar-refractivity contribution in [2.75, 3.05) is 33.9 Å². The second-order valence-electron chi connectivity index (χ2n) is 11.5. The van der Waals surface area contributed by atoms with Crippen LogP contribution in [0, 0.1) is 18.0 Å². The van der Waals surface area contributed by atoms with E-state index in [0.717, 1.165) is 5.56 Å². The summed E-state index contributed by atoms with van der Waals surface area (Å²) in [5.74, 6) is -3.48. The lowest BCUT2D eigenvalue weighted by atomic mass is 9.80. The van der Waals surface area contributed by atoms with Gasteiger partial charge in [0.1, 0.15) is 6.04 Å². The van der Waals surface area contributed by atoms with Gasteiger partial charge < -0.3 is 35.9 Å². The van der Waals surface area contributed by atoms with Crippen LogP contribution in [-0.2, 0) is 36.8 Å². The fraction of sp³-hybridized carbons (Fsp3) is 0.516. The number of aliphatic carboxylic acids is 1. The quantitative estimate of drug-likeness (QED) is 0.220. The summed E-state index contributed by atoms with van der Waals surface area (Å²) in [6.07, 6.45) is 0.917. The number of amides is 3. The second-order valence-corrected chi connectivity index (χ2v) is 12.0. The first-order chi connectivity index (χ1) is 20.8. The number of nitrogens with zero attached hydrogens (tertiary/aromatic N) is 3. The molecule has 3 rings (SSSR count). The topological polar surface area (TPSA) is 169 Å². The number of pyridine rings is 1. The molecule has 1 saturated heterocycles. The molecule has 0 saturated carbocycles. The van der Waals surface area contributed by atoms with Gasteiger partial charge in [0.15, 0.2) is 11.4 Å². The third kappa shape index (κ3) is 8.67. The number of carboxylic acids is 1. The number of piperidine rings is 1. The van der Waals surface area contributed by atoms with E-state index in [0.29, 0.717) is 46.9 Å². The monoisotopic (exact) mass is 631 g/mol. The normalized spacial score (nSPS) is 18.6. The molecule has 1 aromatic heterocycles. The van der Waals surface area contributed by atoms with Crippen molar-refractivity contribution < 1.29 is 33.8 Å². The minimum Gasteiger partial charge on any atom is -0.618 e.